The third-order valence-electron chi connectivity index (χ3n) is 3.56. The van der Waals surface area contributed by atoms with Gasteiger partial charge >= 0.3 is 5.97 Å². The van der Waals surface area contributed by atoms with E-state index in [1.807, 2.05) is 0 Å². The summed E-state index contributed by atoms with van der Waals surface area (Å²) >= 11 is 3.38. The maximum absolute atomic E-state index is 12.1. The molecular formula is C19H18BrNO6. The fourth-order valence-corrected chi connectivity index (χ4v) is 2.88. The van der Waals surface area contributed by atoms with Crippen molar-refractivity contribution in [3.63, 3.8) is 0 Å². The third-order valence-corrected chi connectivity index (χ3v) is 4.15. The summed E-state index contributed by atoms with van der Waals surface area (Å²) in [5, 5.41) is 12.5. The van der Waals surface area contributed by atoms with E-state index in [0.717, 1.165) is 0 Å². The van der Waals surface area contributed by atoms with Crippen LogP contribution in [-0.4, -0.2) is 38.3 Å². The summed E-state index contributed by atoms with van der Waals surface area (Å²) in [5.41, 5.74) is 1.06. The number of esters is 1. The summed E-state index contributed by atoms with van der Waals surface area (Å²) in [6, 6.07) is 7.57. The molecule has 1 amide bonds. The molecule has 0 atom stereocenters. The van der Waals surface area contributed by atoms with Crippen LogP contribution in [0.2, 0.25) is 0 Å². The number of aromatic hydroxyl groups is 1. The third kappa shape index (κ3) is 5.01. The Morgan fingerprint density at radius 2 is 1.85 bits per heavy atom. The van der Waals surface area contributed by atoms with Crippen LogP contribution >= 0.6 is 15.9 Å². The number of carbonyl (C=O) groups is 2. The van der Waals surface area contributed by atoms with Crippen molar-refractivity contribution in [3.8, 4) is 17.2 Å². The number of benzene rings is 2. The van der Waals surface area contributed by atoms with E-state index in [-0.39, 0.29) is 17.0 Å². The Labute approximate surface area is 164 Å². The van der Waals surface area contributed by atoms with Crippen LogP contribution in [0, 0.1) is 0 Å². The molecule has 0 spiro atoms. The second-order valence-electron chi connectivity index (χ2n) is 5.28. The second kappa shape index (κ2) is 9.09. The molecule has 2 aromatic carbocycles. The largest absolute Gasteiger partial charge is 0.506 e. The SMILES string of the molecule is COC(=O)c1ccc(NC(=O)/C=C/c2cc(Br)c(OC)c(OC)c2)c(O)c1. The van der Waals surface area contributed by atoms with Gasteiger partial charge in [0.25, 0.3) is 0 Å². The number of methoxy groups -OCH3 is 3. The van der Waals surface area contributed by atoms with Gasteiger partial charge in [0.15, 0.2) is 11.5 Å². The highest BCUT2D eigenvalue weighted by Crippen LogP contribution is 2.36. The van der Waals surface area contributed by atoms with Crippen molar-refractivity contribution in [3.05, 3.63) is 52.0 Å². The minimum Gasteiger partial charge on any atom is -0.506 e. The van der Waals surface area contributed by atoms with E-state index in [2.05, 4.69) is 26.0 Å². The molecule has 0 radical (unpaired) electrons. The zero-order chi connectivity index (χ0) is 20.0. The summed E-state index contributed by atoms with van der Waals surface area (Å²) in [6.45, 7) is 0. The fraction of sp³-hybridized carbons (Fsp3) is 0.158. The monoisotopic (exact) mass is 435 g/mol. The molecule has 27 heavy (non-hydrogen) atoms. The Hall–Kier alpha value is -3.00. The van der Waals surface area contributed by atoms with Crippen LogP contribution in [-0.2, 0) is 9.53 Å². The number of ether oxygens (including phenoxy) is 3. The Morgan fingerprint density at radius 3 is 2.44 bits per heavy atom. The van der Waals surface area contributed by atoms with E-state index >= 15 is 0 Å². The standard InChI is InChI=1S/C19H18BrNO6/c1-25-16-9-11(8-13(20)18(16)26-2)4-7-17(23)21-14-6-5-12(10-15(14)22)19(24)27-3/h4-10,22H,1-3H3,(H,21,23)/b7-4+. The number of phenolic OH excluding ortho intramolecular Hbond substituents is 1. The number of halogens is 1. The highest BCUT2D eigenvalue weighted by molar-refractivity contribution is 9.10. The number of hydrogen-bond donors (Lipinski definition) is 2. The van der Waals surface area contributed by atoms with Crippen LogP contribution in [0.3, 0.4) is 0 Å². The maximum Gasteiger partial charge on any atom is 0.337 e. The molecule has 0 saturated carbocycles. The molecule has 0 fully saturated rings. The van der Waals surface area contributed by atoms with Gasteiger partial charge in [-0.25, -0.2) is 4.79 Å². The summed E-state index contributed by atoms with van der Waals surface area (Å²) in [6.07, 6.45) is 2.89. The lowest BCUT2D eigenvalue weighted by molar-refractivity contribution is -0.111. The Balaban J connectivity index is 2.14. The van der Waals surface area contributed by atoms with Gasteiger partial charge in [-0.05, 0) is 57.9 Å². The molecule has 142 valence electrons. The predicted molar refractivity (Wildman–Crippen MR) is 104 cm³/mol. The number of amides is 1. The molecule has 2 aromatic rings. The van der Waals surface area contributed by atoms with Gasteiger partial charge < -0.3 is 24.6 Å². The summed E-state index contributed by atoms with van der Waals surface area (Å²) in [4.78, 5) is 23.5. The van der Waals surface area contributed by atoms with Crippen molar-refractivity contribution in [2.24, 2.45) is 0 Å². The van der Waals surface area contributed by atoms with Crippen LogP contribution in [0.15, 0.2) is 40.9 Å². The zero-order valence-corrected chi connectivity index (χ0v) is 16.5. The topological polar surface area (TPSA) is 94.1 Å². The molecule has 0 aliphatic rings. The summed E-state index contributed by atoms with van der Waals surface area (Å²) < 4.78 is 15.7. The predicted octanol–water partition coefficient (Wildman–Crippen LogP) is 3.61. The first-order valence-electron chi connectivity index (χ1n) is 7.71. The molecule has 7 nitrogen and oxygen atoms in total. The molecule has 0 aliphatic carbocycles. The van der Waals surface area contributed by atoms with Gasteiger partial charge in [0.1, 0.15) is 5.75 Å². The zero-order valence-electron chi connectivity index (χ0n) is 14.9. The van der Waals surface area contributed by atoms with Gasteiger partial charge in [0.05, 0.1) is 37.1 Å². The van der Waals surface area contributed by atoms with E-state index in [1.54, 1.807) is 18.2 Å². The molecule has 0 bridgehead atoms. The van der Waals surface area contributed by atoms with Gasteiger partial charge in [0, 0.05) is 6.08 Å². The highest BCUT2D eigenvalue weighted by atomic mass is 79.9. The van der Waals surface area contributed by atoms with Crippen LogP contribution in [0.5, 0.6) is 17.2 Å². The van der Waals surface area contributed by atoms with E-state index in [4.69, 9.17) is 9.47 Å². The first-order valence-corrected chi connectivity index (χ1v) is 8.50. The van der Waals surface area contributed by atoms with E-state index in [9.17, 15) is 14.7 Å². The van der Waals surface area contributed by atoms with Crippen LogP contribution in [0.25, 0.3) is 6.08 Å². The van der Waals surface area contributed by atoms with Crippen molar-refractivity contribution < 1.29 is 28.9 Å². The minimum absolute atomic E-state index is 0.172. The van der Waals surface area contributed by atoms with Crippen LogP contribution in [0.4, 0.5) is 5.69 Å². The Bertz CT molecular complexity index is 894. The summed E-state index contributed by atoms with van der Waals surface area (Å²) in [5.74, 6) is -0.213. The van der Waals surface area contributed by atoms with Crippen molar-refractivity contribution in [2.75, 3.05) is 26.6 Å². The molecule has 0 saturated heterocycles. The number of nitrogens with one attached hydrogen (secondary N) is 1. The van der Waals surface area contributed by atoms with Crippen molar-refractivity contribution in [1.29, 1.82) is 0 Å². The van der Waals surface area contributed by atoms with Gasteiger partial charge in [0.2, 0.25) is 5.91 Å². The normalized spacial score (nSPS) is 10.5. The number of rotatable bonds is 6. The molecule has 0 unspecified atom stereocenters. The second-order valence-corrected chi connectivity index (χ2v) is 6.14. The van der Waals surface area contributed by atoms with Crippen LogP contribution in [0.1, 0.15) is 15.9 Å². The van der Waals surface area contributed by atoms with Gasteiger partial charge in [-0.2, -0.15) is 0 Å². The lowest BCUT2D eigenvalue weighted by Gasteiger charge is -2.10. The maximum atomic E-state index is 12.1. The van der Waals surface area contributed by atoms with Crippen molar-refractivity contribution in [1.82, 2.24) is 0 Å². The van der Waals surface area contributed by atoms with Gasteiger partial charge in [-0.1, -0.05) is 0 Å². The lowest BCUT2D eigenvalue weighted by atomic mass is 10.1. The molecule has 8 heteroatoms. The first kappa shape index (κ1) is 20.3. The van der Waals surface area contributed by atoms with E-state index < -0.39 is 11.9 Å². The molecule has 0 aliphatic heterocycles. The van der Waals surface area contributed by atoms with E-state index in [1.165, 1.54) is 45.6 Å². The molecule has 0 heterocycles. The quantitative estimate of drug-likeness (QED) is 0.408. The molecular weight excluding hydrogens is 418 g/mol. The van der Waals surface area contributed by atoms with Crippen LogP contribution < -0.4 is 14.8 Å². The number of carbonyl (C=O) groups excluding carboxylic acids is 2. The van der Waals surface area contributed by atoms with E-state index in [0.29, 0.717) is 21.5 Å². The molecule has 2 rings (SSSR count). The molecule has 2 N–H and O–H groups in total. The number of anilines is 1. The average Bonchev–Trinajstić information content (AvgIpc) is 2.66. The lowest BCUT2D eigenvalue weighted by Crippen LogP contribution is -2.08. The first-order chi connectivity index (χ1) is 12.9. The minimum atomic E-state index is -0.581. The smallest absolute Gasteiger partial charge is 0.337 e. The molecule has 0 aromatic heterocycles. The van der Waals surface area contributed by atoms with Gasteiger partial charge in [-0.3, -0.25) is 4.79 Å². The van der Waals surface area contributed by atoms with Crippen molar-refractivity contribution in [2.45, 2.75) is 0 Å². The Morgan fingerprint density at radius 1 is 1.11 bits per heavy atom. The Kier molecular flexibility index (Phi) is 6.84. The fourth-order valence-electron chi connectivity index (χ4n) is 2.26. The van der Waals surface area contributed by atoms with Gasteiger partial charge in [-0.15, -0.1) is 0 Å². The number of phenols is 1. The number of hydrogen-bond acceptors (Lipinski definition) is 6. The average molecular weight is 436 g/mol. The summed E-state index contributed by atoms with van der Waals surface area (Å²) in [7, 11) is 4.29. The van der Waals surface area contributed by atoms with Crippen molar-refractivity contribution >= 4 is 39.6 Å². The highest BCUT2D eigenvalue weighted by Gasteiger charge is 2.11.